The first-order valence-electron chi connectivity index (χ1n) is 7.82. The Morgan fingerprint density at radius 3 is 2.88 bits per heavy atom. The molecule has 0 aliphatic carbocycles. The molecule has 2 heterocycles. The maximum absolute atomic E-state index is 14.0. The van der Waals surface area contributed by atoms with E-state index in [0.717, 1.165) is 6.07 Å². The number of hydrogen-bond donors (Lipinski definition) is 1. The standard InChI is InChI=1S/C17H19F2N3O2/c1-10-7-16(23)21-17(20-10)11(2)22-5-6-24-15(9-22)13-4-3-12(18)8-14(13)19/h3-4,7-8,11,15H,5-6,9H2,1-2H3,(H,20,21,23)/t11-,15+/m0/s1. The first-order chi connectivity index (χ1) is 11.4. The number of aromatic amines is 1. The number of aryl methyl sites for hydroxylation is 1. The lowest BCUT2D eigenvalue weighted by Crippen LogP contribution is -2.41. The number of nitrogens with zero attached hydrogens (tertiary/aromatic N) is 2. The molecule has 0 saturated carbocycles. The zero-order valence-electron chi connectivity index (χ0n) is 13.6. The third-order valence-electron chi connectivity index (χ3n) is 4.24. The highest BCUT2D eigenvalue weighted by Crippen LogP contribution is 2.29. The van der Waals surface area contributed by atoms with E-state index in [1.54, 1.807) is 6.92 Å². The van der Waals surface area contributed by atoms with Crippen LogP contribution in [0.4, 0.5) is 8.78 Å². The predicted molar refractivity (Wildman–Crippen MR) is 84.6 cm³/mol. The second-order valence-electron chi connectivity index (χ2n) is 5.97. The second-order valence-corrected chi connectivity index (χ2v) is 5.97. The van der Waals surface area contributed by atoms with Crippen molar-refractivity contribution >= 4 is 0 Å². The topological polar surface area (TPSA) is 58.2 Å². The minimum Gasteiger partial charge on any atom is -0.371 e. The minimum absolute atomic E-state index is 0.146. The van der Waals surface area contributed by atoms with E-state index in [4.69, 9.17) is 4.74 Å². The van der Waals surface area contributed by atoms with Crippen molar-refractivity contribution in [3.05, 3.63) is 63.3 Å². The third kappa shape index (κ3) is 3.52. The van der Waals surface area contributed by atoms with Crippen molar-refractivity contribution in [3.63, 3.8) is 0 Å². The van der Waals surface area contributed by atoms with Crippen molar-refractivity contribution < 1.29 is 13.5 Å². The van der Waals surface area contributed by atoms with Gasteiger partial charge in [-0.15, -0.1) is 0 Å². The fourth-order valence-corrected chi connectivity index (χ4v) is 2.94. The fraction of sp³-hybridized carbons (Fsp3) is 0.412. The van der Waals surface area contributed by atoms with Crippen LogP contribution in [0.1, 0.15) is 36.2 Å². The van der Waals surface area contributed by atoms with Gasteiger partial charge in [0.1, 0.15) is 17.5 Å². The molecule has 0 unspecified atom stereocenters. The number of morpholine rings is 1. The van der Waals surface area contributed by atoms with Crippen LogP contribution >= 0.6 is 0 Å². The Bertz CT molecular complexity index is 794. The van der Waals surface area contributed by atoms with Gasteiger partial charge in [-0.3, -0.25) is 9.69 Å². The summed E-state index contributed by atoms with van der Waals surface area (Å²) in [7, 11) is 0. The Kier molecular flexibility index (Phi) is 4.73. The SMILES string of the molecule is Cc1cc(=O)[nH]c([C@H](C)N2CCO[C@@H](c3ccc(F)cc3F)C2)n1. The lowest BCUT2D eigenvalue weighted by atomic mass is 10.1. The number of ether oxygens (including phenoxy) is 1. The Labute approximate surface area is 138 Å². The van der Waals surface area contributed by atoms with Crippen LogP contribution in [0.5, 0.6) is 0 Å². The van der Waals surface area contributed by atoms with Crippen molar-refractivity contribution in [2.24, 2.45) is 0 Å². The fourth-order valence-electron chi connectivity index (χ4n) is 2.94. The van der Waals surface area contributed by atoms with Gasteiger partial charge in [0.2, 0.25) is 0 Å². The molecule has 1 saturated heterocycles. The summed E-state index contributed by atoms with van der Waals surface area (Å²) in [4.78, 5) is 20.8. The number of hydrogen-bond acceptors (Lipinski definition) is 4. The van der Waals surface area contributed by atoms with E-state index >= 15 is 0 Å². The maximum atomic E-state index is 14.0. The van der Waals surface area contributed by atoms with Crippen LogP contribution in [-0.4, -0.2) is 34.6 Å². The molecule has 3 rings (SSSR count). The average Bonchev–Trinajstić information content (AvgIpc) is 2.53. The number of rotatable bonds is 3. The number of aromatic nitrogens is 2. The van der Waals surface area contributed by atoms with E-state index in [-0.39, 0.29) is 11.6 Å². The molecule has 0 spiro atoms. The van der Waals surface area contributed by atoms with Crippen LogP contribution < -0.4 is 5.56 Å². The smallest absolute Gasteiger partial charge is 0.251 e. The van der Waals surface area contributed by atoms with Crippen LogP contribution in [0.25, 0.3) is 0 Å². The number of benzene rings is 1. The van der Waals surface area contributed by atoms with Crippen molar-refractivity contribution in [1.29, 1.82) is 0 Å². The molecule has 2 atom stereocenters. The normalized spacial score (nSPS) is 20.1. The average molecular weight is 335 g/mol. The molecule has 0 amide bonds. The molecular formula is C17H19F2N3O2. The van der Waals surface area contributed by atoms with Crippen LogP contribution in [0.3, 0.4) is 0 Å². The highest BCUT2D eigenvalue weighted by Gasteiger charge is 2.28. The highest BCUT2D eigenvalue weighted by atomic mass is 19.1. The van der Waals surface area contributed by atoms with Crippen molar-refractivity contribution in [2.45, 2.75) is 26.0 Å². The molecule has 5 nitrogen and oxygen atoms in total. The molecule has 1 aromatic carbocycles. The number of halogens is 2. The monoisotopic (exact) mass is 335 g/mol. The van der Waals surface area contributed by atoms with E-state index in [1.165, 1.54) is 18.2 Å². The molecule has 128 valence electrons. The molecule has 0 bridgehead atoms. The van der Waals surface area contributed by atoms with Crippen LogP contribution in [-0.2, 0) is 4.74 Å². The lowest BCUT2D eigenvalue weighted by molar-refractivity contribution is -0.0457. The molecular weight excluding hydrogens is 316 g/mol. The van der Waals surface area contributed by atoms with E-state index in [2.05, 4.69) is 14.9 Å². The summed E-state index contributed by atoms with van der Waals surface area (Å²) in [6, 6.07) is 4.79. The Balaban J connectivity index is 1.81. The van der Waals surface area contributed by atoms with E-state index in [9.17, 15) is 13.6 Å². The summed E-state index contributed by atoms with van der Waals surface area (Å²) in [5.74, 6) is -0.657. The van der Waals surface area contributed by atoms with Gasteiger partial charge in [0.25, 0.3) is 5.56 Å². The Morgan fingerprint density at radius 1 is 1.38 bits per heavy atom. The van der Waals surface area contributed by atoms with Gasteiger partial charge in [0, 0.05) is 36.5 Å². The van der Waals surface area contributed by atoms with Crippen LogP contribution in [0, 0.1) is 18.6 Å². The van der Waals surface area contributed by atoms with E-state index in [0.29, 0.717) is 36.8 Å². The van der Waals surface area contributed by atoms with Crippen molar-refractivity contribution in [2.75, 3.05) is 19.7 Å². The molecule has 1 aliphatic rings. The van der Waals surface area contributed by atoms with Crippen LogP contribution in [0.15, 0.2) is 29.1 Å². The first-order valence-corrected chi connectivity index (χ1v) is 7.82. The molecule has 1 aromatic heterocycles. The Hall–Kier alpha value is -2.12. The highest BCUT2D eigenvalue weighted by molar-refractivity contribution is 5.22. The van der Waals surface area contributed by atoms with Crippen LogP contribution in [0.2, 0.25) is 0 Å². The molecule has 7 heteroatoms. The number of nitrogens with one attached hydrogen (secondary N) is 1. The molecule has 24 heavy (non-hydrogen) atoms. The van der Waals surface area contributed by atoms with Gasteiger partial charge in [0.15, 0.2) is 0 Å². The molecule has 2 aromatic rings. The van der Waals surface area contributed by atoms with Gasteiger partial charge in [0.05, 0.1) is 18.8 Å². The molecule has 1 aliphatic heterocycles. The summed E-state index contributed by atoms with van der Waals surface area (Å²) in [5, 5.41) is 0. The lowest BCUT2D eigenvalue weighted by Gasteiger charge is -2.36. The molecule has 1 N–H and O–H groups in total. The van der Waals surface area contributed by atoms with Crippen molar-refractivity contribution in [3.8, 4) is 0 Å². The molecule has 0 radical (unpaired) electrons. The van der Waals surface area contributed by atoms with Gasteiger partial charge in [-0.05, 0) is 19.9 Å². The summed E-state index contributed by atoms with van der Waals surface area (Å²) in [6.45, 7) is 5.18. The summed E-state index contributed by atoms with van der Waals surface area (Å²) < 4.78 is 32.7. The Morgan fingerprint density at radius 2 is 2.17 bits per heavy atom. The largest absolute Gasteiger partial charge is 0.371 e. The summed E-state index contributed by atoms with van der Waals surface area (Å²) in [5.41, 5.74) is 0.785. The molecule has 1 fully saturated rings. The van der Waals surface area contributed by atoms with Gasteiger partial charge in [-0.1, -0.05) is 6.07 Å². The third-order valence-corrected chi connectivity index (χ3v) is 4.24. The van der Waals surface area contributed by atoms with Gasteiger partial charge in [-0.25, -0.2) is 13.8 Å². The maximum Gasteiger partial charge on any atom is 0.251 e. The van der Waals surface area contributed by atoms with Gasteiger partial charge in [-0.2, -0.15) is 0 Å². The minimum atomic E-state index is -0.614. The zero-order valence-corrected chi connectivity index (χ0v) is 13.6. The predicted octanol–water partition coefficient (Wildman–Crippen LogP) is 2.49. The summed E-state index contributed by atoms with van der Waals surface area (Å²) >= 11 is 0. The van der Waals surface area contributed by atoms with Gasteiger partial charge < -0.3 is 9.72 Å². The van der Waals surface area contributed by atoms with E-state index < -0.39 is 17.7 Å². The number of H-pyrrole nitrogens is 1. The first kappa shape index (κ1) is 16.7. The summed E-state index contributed by atoms with van der Waals surface area (Å²) in [6.07, 6.45) is -0.488. The second kappa shape index (κ2) is 6.78. The zero-order chi connectivity index (χ0) is 17.3. The van der Waals surface area contributed by atoms with E-state index in [1.807, 2.05) is 6.92 Å². The van der Waals surface area contributed by atoms with Gasteiger partial charge >= 0.3 is 0 Å². The quantitative estimate of drug-likeness (QED) is 0.936. The van der Waals surface area contributed by atoms with Crippen molar-refractivity contribution in [1.82, 2.24) is 14.9 Å².